The lowest BCUT2D eigenvalue weighted by atomic mass is 10.1. The van der Waals surface area contributed by atoms with E-state index in [1.54, 1.807) is 6.20 Å². The van der Waals surface area contributed by atoms with Gasteiger partial charge in [-0.1, -0.05) is 23.8 Å². The monoisotopic (exact) mass is 211 g/mol. The number of nitrogens with zero attached hydrogens (tertiary/aromatic N) is 2. The van der Waals surface area contributed by atoms with Crippen molar-refractivity contribution in [2.75, 3.05) is 0 Å². The van der Waals surface area contributed by atoms with E-state index in [4.69, 9.17) is 5.26 Å². The first kappa shape index (κ1) is 10.4. The second-order valence-electron chi connectivity index (χ2n) is 3.91. The number of aryl methyl sites for hydroxylation is 2. The summed E-state index contributed by atoms with van der Waals surface area (Å²) in [7, 11) is 0. The number of nitriles is 1. The molecule has 0 aliphatic heterocycles. The standard InChI is InChI=1S/C13H13N3/c1-9-3-4-12(10(2)7-9)13-15-8-11(16-13)5-6-14/h3-4,7-8H,5H2,1-2H3,(H,15,16). The van der Waals surface area contributed by atoms with Crippen molar-refractivity contribution in [2.45, 2.75) is 20.3 Å². The Morgan fingerprint density at radius 1 is 1.38 bits per heavy atom. The van der Waals surface area contributed by atoms with E-state index in [1.807, 2.05) is 0 Å². The second-order valence-corrected chi connectivity index (χ2v) is 3.91. The van der Waals surface area contributed by atoms with Crippen LogP contribution >= 0.6 is 0 Å². The maximum absolute atomic E-state index is 8.59. The van der Waals surface area contributed by atoms with Crippen LogP contribution in [0.4, 0.5) is 0 Å². The largest absolute Gasteiger partial charge is 0.341 e. The molecule has 1 heterocycles. The molecule has 0 unspecified atom stereocenters. The zero-order valence-corrected chi connectivity index (χ0v) is 9.41. The maximum atomic E-state index is 8.59. The van der Waals surface area contributed by atoms with Gasteiger partial charge in [-0.25, -0.2) is 4.98 Å². The van der Waals surface area contributed by atoms with Crippen LogP contribution in [-0.2, 0) is 6.42 Å². The highest BCUT2D eigenvalue weighted by Crippen LogP contribution is 2.21. The predicted octanol–water partition coefficient (Wildman–Crippen LogP) is 2.76. The maximum Gasteiger partial charge on any atom is 0.137 e. The van der Waals surface area contributed by atoms with Crippen molar-refractivity contribution < 1.29 is 0 Å². The molecule has 3 nitrogen and oxygen atoms in total. The molecule has 0 radical (unpaired) electrons. The molecular weight excluding hydrogens is 198 g/mol. The van der Waals surface area contributed by atoms with Crippen LogP contribution < -0.4 is 0 Å². The third-order valence-electron chi connectivity index (χ3n) is 2.53. The molecule has 80 valence electrons. The summed E-state index contributed by atoms with van der Waals surface area (Å²) < 4.78 is 0. The molecule has 1 aromatic heterocycles. The molecule has 0 spiro atoms. The molecular formula is C13H13N3. The highest BCUT2D eigenvalue weighted by Gasteiger charge is 2.06. The third-order valence-corrected chi connectivity index (χ3v) is 2.53. The second kappa shape index (κ2) is 4.19. The molecule has 16 heavy (non-hydrogen) atoms. The summed E-state index contributed by atoms with van der Waals surface area (Å²) in [5.41, 5.74) is 4.38. The summed E-state index contributed by atoms with van der Waals surface area (Å²) in [5.74, 6) is 0.836. The Labute approximate surface area is 94.8 Å². The van der Waals surface area contributed by atoms with Gasteiger partial charge in [-0.2, -0.15) is 5.26 Å². The normalized spacial score (nSPS) is 10.1. The van der Waals surface area contributed by atoms with Gasteiger partial charge in [-0.3, -0.25) is 0 Å². The number of aromatic nitrogens is 2. The van der Waals surface area contributed by atoms with Crippen molar-refractivity contribution in [2.24, 2.45) is 0 Å². The zero-order chi connectivity index (χ0) is 11.5. The molecule has 1 aromatic carbocycles. The van der Waals surface area contributed by atoms with Crippen LogP contribution in [-0.4, -0.2) is 9.97 Å². The first-order valence-corrected chi connectivity index (χ1v) is 5.19. The number of hydrogen-bond donors (Lipinski definition) is 1. The van der Waals surface area contributed by atoms with Gasteiger partial charge in [0.25, 0.3) is 0 Å². The minimum atomic E-state index is 0.373. The lowest BCUT2D eigenvalue weighted by Gasteiger charge is -2.03. The summed E-state index contributed by atoms with van der Waals surface area (Å²) in [6, 6.07) is 8.35. The van der Waals surface area contributed by atoms with E-state index in [0.29, 0.717) is 6.42 Å². The third kappa shape index (κ3) is 1.96. The van der Waals surface area contributed by atoms with E-state index >= 15 is 0 Å². The molecule has 0 saturated heterocycles. The summed E-state index contributed by atoms with van der Waals surface area (Å²) in [6.45, 7) is 4.13. The van der Waals surface area contributed by atoms with Gasteiger partial charge < -0.3 is 4.98 Å². The Morgan fingerprint density at radius 2 is 2.19 bits per heavy atom. The highest BCUT2D eigenvalue weighted by molar-refractivity contribution is 5.60. The van der Waals surface area contributed by atoms with Gasteiger partial charge in [0.2, 0.25) is 0 Å². The molecule has 0 fully saturated rings. The average Bonchev–Trinajstić information content (AvgIpc) is 2.67. The Bertz CT molecular complexity index is 547. The van der Waals surface area contributed by atoms with Gasteiger partial charge in [0.05, 0.1) is 12.5 Å². The summed E-state index contributed by atoms with van der Waals surface area (Å²) in [5, 5.41) is 8.59. The Kier molecular flexibility index (Phi) is 2.74. The van der Waals surface area contributed by atoms with Gasteiger partial charge >= 0.3 is 0 Å². The van der Waals surface area contributed by atoms with Crippen molar-refractivity contribution in [1.82, 2.24) is 9.97 Å². The Morgan fingerprint density at radius 3 is 2.88 bits per heavy atom. The minimum absolute atomic E-state index is 0.373. The van der Waals surface area contributed by atoms with E-state index in [1.165, 1.54) is 11.1 Å². The molecule has 2 aromatic rings. The van der Waals surface area contributed by atoms with Gasteiger partial charge in [0, 0.05) is 17.5 Å². The van der Waals surface area contributed by atoms with E-state index in [9.17, 15) is 0 Å². The Balaban J connectivity index is 2.39. The lowest BCUT2D eigenvalue weighted by molar-refractivity contribution is 1.16. The van der Waals surface area contributed by atoms with Gasteiger partial charge in [0.1, 0.15) is 5.82 Å². The highest BCUT2D eigenvalue weighted by atomic mass is 14.9. The van der Waals surface area contributed by atoms with E-state index in [0.717, 1.165) is 17.1 Å². The van der Waals surface area contributed by atoms with Crippen LogP contribution in [0.3, 0.4) is 0 Å². The molecule has 0 atom stereocenters. The molecule has 1 N–H and O–H groups in total. The summed E-state index contributed by atoms with van der Waals surface area (Å²) in [6.07, 6.45) is 2.09. The summed E-state index contributed by atoms with van der Waals surface area (Å²) >= 11 is 0. The van der Waals surface area contributed by atoms with Crippen LogP contribution in [0.15, 0.2) is 24.4 Å². The number of benzene rings is 1. The smallest absolute Gasteiger partial charge is 0.137 e. The zero-order valence-electron chi connectivity index (χ0n) is 9.41. The fraction of sp³-hybridized carbons (Fsp3) is 0.231. The number of H-pyrrole nitrogens is 1. The van der Waals surface area contributed by atoms with Crippen molar-refractivity contribution in [3.05, 3.63) is 41.2 Å². The summed E-state index contributed by atoms with van der Waals surface area (Å²) in [4.78, 5) is 7.45. The molecule has 0 saturated carbocycles. The number of rotatable bonds is 2. The predicted molar refractivity (Wildman–Crippen MR) is 62.8 cm³/mol. The first-order chi connectivity index (χ1) is 7.70. The van der Waals surface area contributed by atoms with Crippen molar-refractivity contribution in [1.29, 1.82) is 5.26 Å². The van der Waals surface area contributed by atoms with Gasteiger partial charge in [-0.05, 0) is 19.4 Å². The number of nitrogens with one attached hydrogen (secondary N) is 1. The topological polar surface area (TPSA) is 52.5 Å². The van der Waals surface area contributed by atoms with Gasteiger partial charge in [0.15, 0.2) is 0 Å². The van der Waals surface area contributed by atoms with Crippen LogP contribution in [0.5, 0.6) is 0 Å². The van der Waals surface area contributed by atoms with Crippen molar-refractivity contribution >= 4 is 0 Å². The minimum Gasteiger partial charge on any atom is -0.341 e. The molecule has 2 rings (SSSR count). The number of aromatic amines is 1. The lowest BCUT2D eigenvalue weighted by Crippen LogP contribution is -1.87. The fourth-order valence-electron chi connectivity index (χ4n) is 1.75. The van der Waals surface area contributed by atoms with E-state index in [-0.39, 0.29) is 0 Å². The SMILES string of the molecule is Cc1ccc(-c2ncc(CC#N)[nH]2)c(C)c1. The molecule has 3 heteroatoms. The quantitative estimate of drug-likeness (QED) is 0.830. The van der Waals surface area contributed by atoms with E-state index in [2.05, 4.69) is 48.1 Å². The molecule has 0 bridgehead atoms. The molecule has 0 aliphatic rings. The molecule has 0 aliphatic carbocycles. The van der Waals surface area contributed by atoms with Crippen LogP contribution in [0, 0.1) is 25.2 Å². The van der Waals surface area contributed by atoms with E-state index < -0.39 is 0 Å². The average molecular weight is 211 g/mol. The number of hydrogen-bond acceptors (Lipinski definition) is 2. The van der Waals surface area contributed by atoms with Crippen molar-refractivity contribution in [3.63, 3.8) is 0 Å². The van der Waals surface area contributed by atoms with Crippen LogP contribution in [0.2, 0.25) is 0 Å². The Hall–Kier alpha value is -2.08. The van der Waals surface area contributed by atoms with Crippen LogP contribution in [0.1, 0.15) is 16.8 Å². The first-order valence-electron chi connectivity index (χ1n) is 5.19. The number of imidazole rings is 1. The fourth-order valence-corrected chi connectivity index (χ4v) is 1.75. The van der Waals surface area contributed by atoms with Crippen molar-refractivity contribution in [3.8, 4) is 17.5 Å². The van der Waals surface area contributed by atoms with Gasteiger partial charge in [-0.15, -0.1) is 0 Å². The molecule has 0 amide bonds. The van der Waals surface area contributed by atoms with Crippen LogP contribution in [0.25, 0.3) is 11.4 Å².